The molecule has 1 unspecified atom stereocenters. The summed E-state index contributed by atoms with van der Waals surface area (Å²) in [6.45, 7) is 1.46. The van der Waals surface area contributed by atoms with Crippen molar-refractivity contribution < 1.29 is 8.76 Å². The number of imidazole rings is 1. The predicted octanol–water partition coefficient (Wildman–Crippen LogP) is 3.93. The number of para-hydroxylation sites is 1. The van der Waals surface area contributed by atoms with E-state index in [9.17, 15) is 14.0 Å². The molecule has 3 aromatic carbocycles. The van der Waals surface area contributed by atoms with Crippen molar-refractivity contribution in [3.8, 4) is 6.07 Å². The summed E-state index contributed by atoms with van der Waals surface area (Å²) in [6.07, 6.45) is 4.08. The van der Waals surface area contributed by atoms with Crippen molar-refractivity contribution in [2.75, 3.05) is 15.9 Å². The van der Waals surface area contributed by atoms with E-state index in [0.29, 0.717) is 37.3 Å². The molecule has 1 aliphatic heterocycles. The van der Waals surface area contributed by atoms with E-state index >= 15 is 0 Å². The Balaban J connectivity index is 1.62. The number of benzene rings is 3. The normalized spacial score (nSPS) is 16.6. The number of nitrogens with zero attached hydrogens (tertiary/aromatic N) is 5. The van der Waals surface area contributed by atoms with Gasteiger partial charge in [0.2, 0.25) is 0 Å². The standard InChI is InChI=1S/C27H26N6O2S/c28-15-22-11-12-27-23(13-22)17-32(33(36(34)35)25-9-5-2-6-10-25)26(14-21-7-3-1-4-8-21)19-31(27)18-24-16-29-20-30-24/h1-13,16,20,26H,14,17-19H2,(H,29,30)(H,34,35)/p-1/t26-/m1/s1. The Hall–Kier alpha value is -3.97. The van der Waals surface area contributed by atoms with Crippen molar-refractivity contribution in [1.82, 2.24) is 15.0 Å². The summed E-state index contributed by atoms with van der Waals surface area (Å²) in [5.74, 6) is 0. The van der Waals surface area contributed by atoms with Crippen LogP contribution in [0.1, 0.15) is 22.4 Å². The zero-order valence-electron chi connectivity index (χ0n) is 19.5. The number of aromatic nitrogens is 2. The van der Waals surface area contributed by atoms with Crippen LogP contribution < -0.4 is 9.31 Å². The predicted molar refractivity (Wildman–Crippen MR) is 138 cm³/mol. The van der Waals surface area contributed by atoms with Crippen LogP contribution in [0.2, 0.25) is 0 Å². The fraction of sp³-hybridized carbons (Fsp3) is 0.185. The SMILES string of the molecule is N#Cc1ccc2c(c1)CN(N(c1ccccc1)S(=O)[O-])[C@H](Cc1ccccc1)CN2Cc1cnc[nH]1. The van der Waals surface area contributed by atoms with Gasteiger partial charge < -0.3 is 14.4 Å². The van der Waals surface area contributed by atoms with Gasteiger partial charge in [-0.25, -0.2) is 9.40 Å². The van der Waals surface area contributed by atoms with Crippen molar-refractivity contribution in [3.05, 3.63) is 114 Å². The number of hydrogen-bond acceptors (Lipinski definition) is 6. The van der Waals surface area contributed by atoms with Gasteiger partial charge in [-0.2, -0.15) is 10.3 Å². The summed E-state index contributed by atoms with van der Waals surface area (Å²) in [5, 5.41) is 11.5. The molecule has 2 heterocycles. The Morgan fingerprint density at radius 3 is 2.53 bits per heavy atom. The number of hydrogen-bond donors (Lipinski definition) is 1. The maximum atomic E-state index is 12.7. The van der Waals surface area contributed by atoms with Crippen LogP contribution in [0.3, 0.4) is 0 Å². The van der Waals surface area contributed by atoms with E-state index in [1.165, 1.54) is 4.41 Å². The second kappa shape index (κ2) is 10.7. The van der Waals surface area contributed by atoms with E-state index in [1.807, 2.05) is 53.5 Å². The van der Waals surface area contributed by atoms with Crippen molar-refractivity contribution in [2.24, 2.45) is 0 Å². The van der Waals surface area contributed by atoms with Crippen LogP contribution in [0.5, 0.6) is 0 Å². The Morgan fingerprint density at radius 1 is 1.11 bits per heavy atom. The van der Waals surface area contributed by atoms with Crippen molar-refractivity contribution >= 4 is 22.6 Å². The van der Waals surface area contributed by atoms with E-state index in [0.717, 1.165) is 22.5 Å². The molecular formula is C27H25N6O2S-. The summed E-state index contributed by atoms with van der Waals surface area (Å²) in [7, 11) is 0. The molecule has 0 amide bonds. The average Bonchev–Trinajstić information content (AvgIpc) is 3.37. The second-order valence-electron chi connectivity index (χ2n) is 8.68. The highest BCUT2D eigenvalue weighted by Gasteiger charge is 2.33. The van der Waals surface area contributed by atoms with Crippen LogP contribution in [0.25, 0.3) is 0 Å². The Kier molecular flexibility index (Phi) is 7.09. The molecule has 9 heteroatoms. The molecule has 5 rings (SSSR count). The molecule has 0 saturated heterocycles. The molecule has 0 aliphatic carbocycles. The zero-order valence-corrected chi connectivity index (χ0v) is 20.3. The largest absolute Gasteiger partial charge is 0.754 e. The molecule has 1 N–H and O–H groups in total. The van der Waals surface area contributed by atoms with Gasteiger partial charge in [-0.15, -0.1) is 0 Å². The Labute approximate surface area is 212 Å². The molecule has 0 radical (unpaired) electrons. The number of nitrogens with one attached hydrogen (secondary N) is 1. The smallest absolute Gasteiger partial charge is 0.0991 e. The van der Waals surface area contributed by atoms with Gasteiger partial charge in [0.1, 0.15) is 0 Å². The van der Waals surface area contributed by atoms with Gasteiger partial charge in [0.05, 0.1) is 53.2 Å². The summed E-state index contributed by atoms with van der Waals surface area (Å²) in [6, 6.07) is 26.8. The molecule has 0 bridgehead atoms. The molecule has 1 aliphatic rings. The van der Waals surface area contributed by atoms with Crippen molar-refractivity contribution in [1.29, 1.82) is 5.26 Å². The van der Waals surface area contributed by atoms with Crippen LogP contribution in [-0.2, 0) is 30.8 Å². The van der Waals surface area contributed by atoms with Gasteiger partial charge in [0, 0.05) is 25.0 Å². The van der Waals surface area contributed by atoms with Gasteiger partial charge in [-0.1, -0.05) is 48.5 Å². The highest BCUT2D eigenvalue weighted by molar-refractivity contribution is 7.80. The summed E-state index contributed by atoms with van der Waals surface area (Å²) >= 11 is -2.56. The van der Waals surface area contributed by atoms with E-state index in [1.54, 1.807) is 30.7 Å². The lowest BCUT2D eigenvalue weighted by Gasteiger charge is -2.42. The van der Waals surface area contributed by atoms with Crippen LogP contribution in [0, 0.1) is 11.3 Å². The second-order valence-corrected chi connectivity index (χ2v) is 9.46. The van der Waals surface area contributed by atoms with Gasteiger partial charge in [-0.05, 0) is 47.9 Å². The van der Waals surface area contributed by atoms with E-state index in [4.69, 9.17) is 0 Å². The molecule has 182 valence electrons. The number of aromatic amines is 1. The fourth-order valence-electron chi connectivity index (χ4n) is 4.71. The van der Waals surface area contributed by atoms with Crippen LogP contribution >= 0.6 is 0 Å². The fourth-order valence-corrected chi connectivity index (χ4v) is 5.37. The zero-order chi connectivity index (χ0) is 24.9. The molecule has 0 saturated carbocycles. The number of rotatable bonds is 7. The molecule has 36 heavy (non-hydrogen) atoms. The van der Waals surface area contributed by atoms with Gasteiger partial charge in [0.25, 0.3) is 0 Å². The topological polar surface area (TPSA) is 102 Å². The van der Waals surface area contributed by atoms with E-state index in [2.05, 4.69) is 33.1 Å². The minimum Gasteiger partial charge on any atom is -0.754 e. The number of fused-ring (bicyclic) bond motifs is 1. The van der Waals surface area contributed by atoms with Gasteiger partial charge in [0.15, 0.2) is 0 Å². The van der Waals surface area contributed by atoms with Crippen LogP contribution in [0.4, 0.5) is 11.4 Å². The molecule has 4 aromatic rings. The third-order valence-electron chi connectivity index (χ3n) is 6.32. The van der Waals surface area contributed by atoms with Crippen LogP contribution in [-0.4, -0.2) is 36.3 Å². The van der Waals surface area contributed by atoms with Gasteiger partial charge in [-0.3, -0.25) is 4.21 Å². The van der Waals surface area contributed by atoms with E-state index in [-0.39, 0.29) is 6.04 Å². The molecule has 1 aromatic heterocycles. The third kappa shape index (κ3) is 5.16. The Bertz CT molecular complexity index is 1360. The number of anilines is 2. The first-order valence-electron chi connectivity index (χ1n) is 11.6. The molecular weight excluding hydrogens is 472 g/mol. The van der Waals surface area contributed by atoms with Crippen LogP contribution in [0.15, 0.2) is 91.4 Å². The third-order valence-corrected chi connectivity index (χ3v) is 7.02. The summed E-state index contributed by atoms with van der Waals surface area (Å²) < 4.78 is 26.7. The number of nitriles is 1. The van der Waals surface area contributed by atoms with Gasteiger partial charge >= 0.3 is 0 Å². The minimum absolute atomic E-state index is 0.189. The lowest BCUT2D eigenvalue weighted by Crippen LogP contribution is -2.52. The highest BCUT2D eigenvalue weighted by Crippen LogP contribution is 2.33. The first-order valence-corrected chi connectivity index (χ1v) is 12.7. The quantitative estimate of drug-likeness (QED) is 0.388. The van der Waals surface area contributed by atoms with Crippen molar-refractivity contribution in [2.45, 2.75) is 25.6 Å². The Morgan fingerprint density at radius 2 is 1.86 bits per heavy atom. The number of H-pyrrole nitrogens is 1. The maximum Gasteiger partial charge on any atom is 0.0991 e. The lowest BCUT2D eigenvalue weighted by molar-refractivity contribution is 0.202. The molecule has 2 atom stereocenters. The summed E-state index contributed by atoms with van der Waals surface area (Å²) in [4.78, 5) is 9.57. The minimum atomic E-state index is -2.56. The molecule has 0 fully saturated rings. The molecule has 0 spiro atoms. The summed E-state index contributed by atoms with van der Waals surface area (Å²) in [5.41, 5.74) is 5.01. The van der Waals surface area contributed by atoms with E-state index < -0.39 is 11.3 Å². The monoisotopic (exact) mass is 497 g/mol. The highest BCUT2D eigenvalue weighted by atomic mass is 32.2. The molecule has 8 nitrogen and oxygen atoms in total. The first-order chi connectivity index (χ1) is 17.6. The first kappa shape index (κ1) is 23.8. The maximum absolute atomic E-state index is 12.7. The lowest BCUT2D eigenvalue weighted by atomic mass is 10.0. The number of hydrazine groups is 1. The average molecular weight is 498 g/mol. The van der Waals surface area contributed by atoms with Crippen molar-refractivity contribution in [3.63, 3.8) is 0 Å².